The Morgan fingerprint density at radius 3 is 2.80 bits per heavy atom. The minimum atomic E-state index is -0.871. The van der Waals surface area contributed by atoms with Crippen molar-refractivity contribution in [3.63, 3.8) is 0 Å². The van der Waals surface area contributed by atoms with Gasteiger partial charge in [-0.15, -0.1) is 0 Å². The van der Waals surface area contributed by atoms with Gasteiger partial charge >= 0.3 is 5.97 Å². The van der Waals surface area contributed by atoms with Crippen LogP contribution in [0.1, 0.15) is 23.4 Å². The molecule has 0 fully saturated rings. The Morgan fingerprint density at radius 2 is 2.10 bits per heavy atom. The second kappa shape index (κ2) is 5.96. The highest BCUT2D eigenvalue weighted by Crippen LogP contribution is 2.23. The van der Waals surface area contributed by atoms with Crippen LogP contribution < -0.4 is 0 Å². The van der Waals surface area contributed by atoms with E-state index in [9.17, 15) is 9.59 Å². The third-order valence-electron chi connectivity index (χ3n) is 2.92. The molecular formula is C14H14ClNO4. The lowest BCUT2D eigenvalue weighted by Gasteiger charge is -2.14. The summed E-state index contributed by atoms with van der Waals surface area (Å²) in [6.07, 6.45) is 0.441. The lowest BCUT2D eigenvalue weighted by Crippen LogP contribution is -2.27. The van der Waals surface area contributed by atoms with Crippen molar-refractivity contribution in [3.05, 3.63) is 35.0 Å². The van der Waals surface area contributed by atoms with E-state index in [0.29, 0.717) is 23.6 Å². The van der Waals surface area contributed by atoms with Crippen LogP contribution in [0, 0.1) is 0 Å². The molecule has 0 radical (unpaired) electrons. The second-order valence-corrected chi connectivity index (χ2v) is 4.95. The number of hydrogen-bond donors (Lipinski definition) is 1. The van der Waals surface area contributed by atoms with Gasteiger partial charge in [0.15, 0.2) is 5.76 Å². The van der Waals surface area contributed by atoms with E-state index in [0.717, 1.165) is 5.39 Å². The van der Waals surface area contributed by atoms with E-state index in [4.69, 9.17) is 21.1 Å². The molecular weight excluding hydrogens is 282 g/mol. The van der Waals surface area contributed by atoms with Gasteiger partial charge in [-0.3, -0.25) is 9.59 Å². The maximum Gasteiger partial charge on any atom is 0.303 e. The lowest BCUT2D eigenvalue weighted by molar-refractivity contribution is -0.137. The lowest BCUT2D eigenvalue weighted by atomic mass is 10.2. The number of carbonyl (C=O) groups is 2. The molecule has 20 heavy (non-hydrogen) atoms. The molecule has 0 aliphatic rings. The fourth-order valence-corrected chi connectivity index (χ4v) is 2.06. The maximum absolute atomic E-state index is 12.1. The minimum absolute atomic E-state index is 0.0351. The Kier molecular flexibility index (Phi) is 4.29. The van der Waals surface area contributed by atoms with Crippen LogP contribution in [0.25, 0.3) is 11.0 Å². The summed E-state index contributed by atoms with van der Waals surface area (Å²) in [6.45, 7) is 0.364. The number of fused-ring (bicyclic) bond motifs is 1. The van der Waals surface area contributed by atoms with E-state index in [1.165, 1.54) is 4.90 Å². The molecule has 0 atom stereocenters. The van der Waals surface area contributed by atoms with Crippen LogP contribution in [0.4, 0.5) is 0 Å². The first-order valence-electron chi connectivity index (χ1n) is 6.14. The Balaban J connectivity index is 2.08. The summed E-state index contributed by atoms with van der Waals surface area (Å²) in [4.78, 5) is 24.0. The molecule has 6 heteroatoms. The summed E-state index contributed by atoms with van der Waals surface area (Å²) in [7, 11) is 1.62. The average Bonchev–Trinajstić information content (AvgIpc) is 2.80. The SMILES string of the molecule is CN(CCCC(=O)O)C(=O)c1cc2cc(Cl)ccc2o1. The van der Waals surface area contributed by atoms with Crippen LogP contribution in [0.5, 0.6) is 0 Å². The molecule has 1 aromatic heterocycles. The number of halogens is 1. The van der Waals surface area contributed by atoms with Gasteiger partial charge in [0.1, 0.15) is 5.58 Å². The van der Waals surface area contributed by atoms with Crippen molar-refractivity contribution in [3.8, 4) is 0 Å². The van der Waals surface area contributed by atoms with E-state index in [-0.39, 0.29) is 18.1 Å². The van der Waals surface area contributed by atoms with Crippen molar-refractivity contribution < 1.29 is 19.1 Å². The fourth-order valence-electron chi connectivity index (χ4n) is 1.88. The molecule has 2 aromatic rings. The molecule has 1 amide bonds. The highest BCUT2D eigenvalue weighted by molar-refractivity contribution is 6.31. The number of carboxylic acids is 1. The van der Waals surface area contributed by atoms with Crippen LogP contribution in [0.15, 0.2) is 28.7 Å². The number of amides is 1. The van der Waals surface area contributed by atoms with Crippen molar-refractivity contribution in [2.45, 2.75) is 12.8 Å². The minimum Gasteiger partial charge on any atom is -0.481 e. The molecule has 106 valence electrons. The van der Waals surface area contributed by atoms with Gasteiger partial charge in [-0.2, -0.15) is 0 Å². The fraction of sp³-hybridized carbons (Fsp3) is 0.286. The molecule has 0 bridgehead atoms. The van der Waals surface area contributed by atoms with Crippen LogP contribution in [0.3, 0.4) is 0 Å². The number of nitrogens with zero attached hydrogens (tertiary/aromatic N) is 1. The first kappa shape index (κ1) is 14.4. The maximum atomic E-state index is 12.1. The first-order valence-corrected chi connectivity index (χ1v) is 6.51. The molecule has 0 spiro atoms. The molecule has 0 aliphatic heterocycles. The third-order valence-corrected chi connectivity index (χ3v) is 3.16. The summed E-state index contributed by atoms with van der Waals surface area (Å²) in [5.74, 6) is -0.924. The van der Waals surface area contributed by atoms with Gasteiger partial charge in [-0.1, -0.05) is 11.6 Å². The standard InChI is InChI=1S/C14H14ClNO4/c1-16(6-2-3-13(17)18)14(19)12-8-9-7-10(15)4-5-11(9)20-12/h4-5,7-8H,2-3,6H2,1H3,(H,17,18). The van der Waals surface area contributed by atoms with E-state index < -0.39 is 5.97 Å². The number of benzene rings is 1. The van der Waals surface area contributed by atoms with Crippen LogP contribution in [-0.2, 0) is 4.79 Å². The monoisotopic (exact) mass is 295 g/mol. The predicted octanol–water partition coefficient (Wildman–Crippen LogP) is 3.02. The van der Waals surface area contributed by atoms with Crippen LogP contribution in [0.2, 0.25) is 5.02 Å². The molecule has 5 nitrogen and oxygen atoms in total. The third kappa shape index (κ3) is 3.30. The van der Waals surface area contributed by atoms with E-state index in [2.05, 4.69) is 0 Å². The molecule has 0 saturated heterocycles. The normalized spacial score (nSPS) is 10.7. The van der Waals surface area contributed by atoms with Crippen molar-refractivity contribution in [2.75, 3.05) is 13.6 Å². The van der Waals surface area contributed by atoms with Crippen molar-refractivity contribution in [2.24, 2.45) is 0 Å². The molecule has 1 N–H and O–H groups in total. The Bertz CT molecular complexity index is 650. The van der Waals surface area contributed by atoms with Gasteiger partial charge < -0.3 is 14.4 Å². The Hall–Kier alpha value is -2.01. The highest BCUT2D eigenvalue weighted by atomic mass is 35.5. The molecule has 0 aliphatic carbocycles. The zero-order chi connectivity index (χ0) is 14.7. The quantitative estimate of drug-likeness (QED) is 0.920. The summed E-state index contributed by atoms with van der Waals surface area (Å²) in [5, 5.41) is 9.91. The molecule has 1 heterocycles. The number of furan rings is 1. The van der Waals surface area contributed by atoms with Gasteiger partial charge in [0, 0.05) is 30.4 Å². The molecule has 0 saturated carbocycles. The van der Waals surface area contributed by atoms with Crippen molar-refractivity contribution in [1.29, 1.82) is 0 Å². The molecule has 1 aromatic carbocycles. The first-order chi connectivity index (χ1) is 9.47. The number of hydrogen-bond acceptors (Lipinski definition) is 3. The number of aliphatic carboxylic acids is 1. The topological polar surface area (TPSA) is 70.8 Å². The second-order valence-electron chi connectivity index (χ2n) is 4.52. The number of carboxylic acid groups (broad SMARTS) is 1. The summed E-state index contributed by atoms with van der Waals surface area (Å²) < 4.78 is 5.47. The summed E-state index contributed by atoms with van der Waals surface area (Å²) in [6, 6.07) is 6.76. The average molecular weight is 296 g/mol. The van der Waals surface area contributed by atoms with Crippen molar-refractivity contribution >= 4 is 34.4 Å². The zero-order valence-corrected chi connectivity index (χ0v) is 11.7. The van der Waals surface area contributed by atoms with E-state index >= 15 is 0 Å². The van der Waals surface area contributed by atoms with E-state index in [1.54, 1.807) is 31.3 Å². The van der Waals surface area contributed by atoms with Gasteiger partial charge in [-0.25, -0.2) is 0 Å². The zero-order valence-electron chi connectivity index (χ0n) is 10.9. The predicted molar refractivity (Wildman–Crippen MR) is 75.1 cm³/mol. The summed E-state index contributed by atoms with van der Waals surface area (Å²) in [5.41, 5.74) is 0.594. The number of rotatable bonds is 5. The number of carbonyl (C=O) groups excluding carboxylic acids is 1. The van der Waals surface area contributed by atoms with Crippen LogP contribution in [-0.4, -0.2) is 35.5 Å². The van der Waals surface area contributed by atoms with Crippen molar-refractivity contribution in [1.82, 2.24) is 4.90 Å². The van der Waals surface area contributed by atoms with Gasteiger partial charge in [0.2, 0.25) is 0 Å². The van der Waals surface area contributed by atoms with E-state index in [1.807, 2.05) is 0 Å². The van der Waals surface area contributed by atoms with Crippen LogP contribution >= 0.6 is 11.6 Å². The molecule has 2 rings (SSSR count). The summed E-state index contributed by atoms with van der Waals surface area (Å²) >= 11 is 5.88. The smallest absolute Gasteiger partial charge is 0.303 e. The highest BCUT2D eigenvalue weighted by Gasteiger charge is 2.16. The van der Waals surface area contributed by atoms with Gasteiger partial charge in [0.05, 0.1) is 0 Å². The van der Waals surface area contributed by atoms with Gasteiger partial charge in [0.25, 0.3) is 5.91 Å². The Morgan fingerprint density at radius 1 is 1.35 bits per heavy atom. The largest absolute Gasteiger partial charge is 0.481 e. The molecule has 0 unspecified atom stereocenters. The van der Waals surface area contributed by atoms with Gasteiger partial charge in [-0.05, 0) is 30.7 Å². The Labute approximate surface area is 120 Å².